The van der Waals surface area contributed by atoms with Crippen molar-refractivity contribution in [2.24, 2.45) is 0 Å². The van der Waals surface area contributed by atoms with Crippen LogP contribution >= 0.6 is 11.6 Å². The zero-order valence-corrected chi connectivity index (χ0v) is 14.4. The minimum atomic E-state index is -1.08. The first-order valence-electron chi connectivity index (χ1n) is 7.72. The normalized spacial score (nSPS) is 10.3. The van der Waals surface area contributed by atoms with Crippen LogP contribution in [0.1, 0.15) is 20.8 Å². The van der Waals surface area contributed by atoms with E-state index in [1.807, 2.05) is 0 Å². The second-order valence-electron chi connectivity index (χ2n) is 5.45. The molecule has 3 aromatic rings. The molecule has 0 saturated carbocycles. The quantitative estimate of drug-likeness (QED) is 0.691. The third-order valence-corrected chi connectivity index (χ3v) is 3.88. The van der Waals surface area contributed by atoms with Gasteiger partial charge in [0.05, 0.1) is 10.7 Å². The zero-order valence-electron chi connectivity index (χ0n) is 13.7. The Hall–Kier alpha value is -3.32. The molecule has 0 aliphatic carbocycles. The van der Waals surface area contributed by atoms with E-state index < -0.39 is 23.4 Å². The largest absolute Gasteiger partial charge is 0.322 e. The van der Waals surface area contributed by atoms with Crippen LogP contribution < -0.4 is 10.6 Å². The lowest BCUT2D eigenvalue weighted by Crippen LogP contribution is -2.17. The van der Waals surface area contributed by atoms with Crippen LogP contribution in [0.4, 0.5) is 20.2 Å². The highest BCUT2D eigenvalue weighted by Crippen LogP contribution is 2.21. The fourth-order valence-electron chi connectivity index (χ4n) is 2.22. The van der Waals surface area contributed by atoms with E-state index >= 15 is 0 Å². The first-order chi connectivity index (χ1) is 12.9. The van der Waals surface area contributed by atoms with Crippen molar-refractivity contribution in [3.8, 4) is 0 Å². The molecule has 1 aromatic heterocycles. The van der Waals surface area contributed by atoms with E-state index in [0.29, 0.717) is 10.7 Å². The summed E-state index contributed by atoms with van der Waals surface area (Å²) in [5.74, 6) is -3.25. The Balaban J connectivity index is 1.76. The number of aromatic nitrogens is 1. The van der Waals surface area contributed by atoms with E-state index in [9.17, 15) is 18.4 Å². The number of rotatable bonds is 4. The van der Waals surface area contributed by atoms with Crippen LogP contribution in [0.25, 0.3) is 0 Å². The predicted octanol–water partition coefficient (Wildman–Crippen LogP) is 4.52. The molecule has 0 radical (unpaired) electrons. The summed E-state index contributed by atoms with van der Waals surface area (Å²) in [5, 5.41) is 5.38. The summed E-state index contributed by atoms with van der Waals surface area (Å²) < 4.78 is 26.2. The van der Waals surface area contributed by atoms with Crippen LogP contribution in [0.5, 0.6) is 0 Å². The Morgan fingerprint density at radius 2 is 1.67 bits per heavy atom. The summed E-state index contributed by atoms with van der Waals surface area (Å²) in [5.41, 5.74) is 0.604. The number of hydrogen-bond donors (Lipinski definition) is 2. The monoisotopic (exact) mass is 387 g/mol. The van der Waals surface area contributed by atoms with E-state index in [0.717, 1.165) is 12.1 Å². The van der Waals surface area contributed by atoms with Crippen LogP contribution in [0.3, 0.4) is 0 Å². The van der Waals surface area contributed by atoms with Gasteiger partial charge in [-0.2, -0.15) is 0 Å². The molecule has 2 N–H and O–H groups in total. The van der Waals surface area contributed by atoms with Gasteiger partial charge in [-0.3, -0.25) is 14.6 Å². The lowest BCUT2D eigenvalue weighted by Gasteiger charge is -2.08. The van der Waals surface area contributed by atoms with Gasteiger partial charge in [0.2, 0.25) is 0 Å². The molecule has 2 aromatic carbocycles. The molecule has 0 saturated heterocycles. The molecule has 0 spiro atoms. The maximum Gasteiger partial charge on any atom is 0.274 e. The molecule has 5 nitrogen and oxygen atoms in total. The van der Waals surface area contributed by atoms with Crippen molar-refractivity contribution in [3.05, 3.63) is 88.7 Å². The van der Waals surface area contributed by atoms with Crippen LogP contribution in [-0.2, 0) is 0 Å². The highest BCUT2D eigenvalue weighted by molar-refractivity contribution is 6.33. The maximum absolute atomic E-state index is 13.2. The van der Waals surface area contributed by atoms with E-state index in [4.69, 9.17) is 11.6 Å². The molecular weight excluding hydrogens is 376 g/mol. The summed E-state index contributed by atoms with van der Waals surface area (Å²) in [6, 6.07) is 12.3. The molecule has 1 heterocycles. The molecule has 8 heteroatoms. The van der Waals surface area contributed by atoms with Crippen molar-refractivity contribution < 1.29 is 18.4 Å². The lowest BCUT2D eigenvalue weighted by atomic mass is 10.2. The second-order valence-corrected chi connectivity index (χ2v) is 5.85. The molecule has 0 aliphatic rings. The van der Waals surface area contributed by atoms with Crippen molar-refractivity contribution in [2.45, 2.75) is 0 Å². The third-order valence-electron chi connectivity index (χ3n) is 3.55. The molecule has 27 heavy (non-hydrogen) atoms. The summed E-state index contributed by atoms with van der Waals surface area (Å²) in [6.07, 6.45) is 1.29. The van der Waals surface area contributed by atoms with Gasteiger partial charge in [0.15, 0.2) is 11.6 Å². The third kappa shape index (κ3) is 4.45. The molecule has 0 aliphatic heterocycles. The molecule has 0 fully saturated rings. The highest BCUT2D eigenvalue weighted by atomic mass is 35.5. The van der Waals surface area contributed by atoms with Gasteiger partial charge in [-0.1, -0.05) is 23.7 Å². The zero-order chi connectivity index (χ0) is 19.4. The smallest absolute Gasteiger partial charge is 0.274 e. The summed E-state index contributed by atoms with van der Waals surface area (Å²) in [7, 11) is 0. The first kappa shape index (κ1) is 18.5. The lowest BCUT2D eigenvalue weighted by molar-refractivity contribution is 0.102. The van der Waals surface area contributed by atoms with Crippen LogP contribution in [0.15, 0.2) is 60.8 Å². The average molecular weight is 388 g/mol. The minimum absolute atomic E-state index is 0.00661. The summed E-state index contributed by atoms with van der Waals surface area (Å²) >= 11 is 6.00. The molecule has 0 bridgehead atoms. The van der Waals surface area contributed by atoms with Crippen molar-refractivity contribution in [2.75, 3.05) is 10.6 Å². The van der Waals surface area contributed by atoms with E-state index in [2.05, 4.69) is 15.6 Å². The van der Waals surface area contributed by atoms with Gasteiger partial charge in [0, 0.05) is 23.5 Å². The number of nitrogens with one attached hydrogen (secondary N) is 2. The second kappa shape index (κ2) is 7.92. The average Bonchev–Trinajstić information content (AvgIpc) is 2.66. The van der Waals surface area contributed by atoms with Gasteiger partial charge < -0.3 is 10.6 Å². The minimum Gasteiger partial charge on any atom is -0.322 e. The number of amides is 2. The Kier molecular flexibility index (Phi) is 5.42. The van der Waals surface area contributed by atoms with Gasteiger partial charge >= 0.3 is 0 Å². The number of para-hydroxylation sites is 1. The first-order valence-corrected chi connectivity index (χ1v) is 8.10. The summed E-state index contributed by atoms with van der Waals surface area (Å²) in [6.45, 7) is 0. The standard InChI is InChI=1S/C19H12ClF2N3O2/c20-13-3-1-2-4-16(13)25-19(27)17-9-11(7-8-23-17)18(26)24-12-5-6-14(21)15(22)10-12/h1-10H,(H,24,26)(H,25,27). The maximum atomic E-state index is 13.2. The van der Waals surface area contributed by atoms with Gasteiger partial charge in [-0.25, -0.2) is 8.78 Å². The number of nitrogens with zero attached hydrogens (tertiary/aromatic N) is 1. The number of halogens is 3. The topological polar surface area (TPSA) is 71.1 Å². The van der Waals surface area contributed by atoms with Crippen molar-refractivity contribution in [1.82, 2.24) is 4.98 Å². The van der Waals surface area contributed by atoms with Gasteiger partial charge in [0.1, 0.15) is 5.69 Å². The predicted molar refractivity (Wildman–Crippen MR) is 98.0 cm³/mol. The summed E-state index contributed by atoms with van der Waals surface area (Å²) in [4.78, 5) is 28.6. The highest BCUT2D eigenvalue weighted by Gasteiger charge is 2.14. The number of anilines is 2. The molecule has 136 valence electrons. The Labute approximate surface area is 158 Å². The van der Waals surface area contributed by atoms with Crippen LogP contribution in [0.2, 0.25) is 5.02 Å². The number of carbonyl (C=O) groups is 2. The van der Waals surface area contributed by atoms with Gasteiger partial charge in [0.25, 0.3) is 11.8 Å². The fraction of sp³-hybridized carbons (Fsp3) is 0. The molecule has 3 rings (SSSR count). The SMILES string of the molecule is O=C(Nc1ccc(F)c(F)c1)c1ccnc(C(=O)Nc2ccccc2Cl)c1. The van der Waals surface area contributed by atoms with Gasteiger partial charge in [-0.15, -0.1) is 0 Å². The van der Waals surface area contributed by atoms with Crippen molar-refractivity contribution in [1.29, 1.82) is 0 Å². The van der Waals surface area contributed by atoms with Crippen molar-refractivity contribution >= 4 is 34.8 Å². The number of benzene rings is 2. The number of hydrogen-bond acceptors (Lipinski definition) is 3. The van der Waals surface area contributed by atoms with E-state index in [1.54, 1.807) is 24.3 Å². The van der Waals surface area contributed by atoms with Crippen LogP contribution in [-0.4, -0.2) is 16.8 Å². The molecule has 0 atom stereocenters. The van der Waals surface area contributed by atoms with Crippen molar-refractivity contribution in [3.63, 3.8) is 0 Å². The Bertz CT molecular complexity index is 1030. The van der Waals surface area contributed by atoms with E-state index in [-0.39, 0.29) is 16.9 Å². The molecule has 0 unspecified atom stereocenters. The van der Waals surface area contributed by atoms with Crippen LogP contribution in [0, 0.1) is 11.6 Å². The molecule has 2 amide bonds. The number of carbonyl (C=O) groups excluding carboxylic acids is 2. The fourth-order valence-corrected chi connectivity index (χ4v) is 2.41. The number of pyridine rings is 1. The van der Waals surface area contributed by atoms with Gasteiger partial charge in [-0.05, 0) is 36.4 Å². The Morgan fingerprint density at radius 3 is 2.41 bits per heavy atom. The molecular formula is C19H12ClF2N3O2. The Morgan fingerprint density at radius 1 is 0.889 bits per heavy atom. The van der Waals surface area contributed by atoms with E-state index in [1.165, 1.54) is 24.4 Å².